The minimum absolute atomic E-state index is 0.0638. The molecule has 5 heteroatoms. The second-order valence-electron chi connectivity index (χ2n) is 5.89. The molecule has 1 heterocycles. The average Bonchev–Trinajstić information content (AvgIpc) is 2.85. The van der Waals surface area contributed by atoms with Crippen molar-refractivity contribution in [2.75, 3.05) is 0 Å². The number of furan rings is 1. The fourth-order valence-corrected chi connectivity index (χ4v) is 2.04. The second-order valence-corrected chi connectivity index (χ2v) is 6.74. The summed E-state index contributed by atoms with van der Waals surface area (Å²) in [7, 11) is 0. The molecule has 0 amide bonds. The predicted octanol–water partition coefficient (Wildman–Crippen LogP) is 4.65. The number of rotatable bonds is 5. The molecule has 0 radical (unpaired) electrons. The van der Waals surface area contributed by atoms with E-state index in [1.165, 1.54) is 6.07 Å². The van der Waals surface area contributed by atoms with Gasteiger partial charge in [-0.1, -0.05) is 0 Å². The summed E-state index contributed by atoms with van der Waals surface area (Å²) in [5, 5.41) is 3.39. The van der Waals surface area contributed by atoms with Gasteiger partial charge in [0.05, 0.1) is 10.7 Å². The Kier molecular flexibility index (Phi) is 5.06. The van der Waals surface area contributed by atoms with Crippen LogP contribution >= 0.6 is 15.9 Å². The molecular formula is C16H19BrFNO2. The van der Waals surface area contributed by atoms with Gasteiger partial charge < -0.3 is 14.5 Å². The third kappa shape index (κ3) is 5.17. The molecule has 0 unspecified atom stereocenters. The van der Waals surface area contributed by atoms with Gasteiger partial charge in [0.25, 0.3) is 0 Å². The highest BCUT2D eigenvalue weighted by atomic mass is 79.9. The van der Waals surface area contributed by atoms with Crippen molar-refractivity contribution in [3.05, 3.63) is 52.1 Å². The molecule has 0 aliphatic heterocycles. The summed E-state index contributed by atoms with van der Waals surface area (Å²) in [6.07, 6.45) is 1.72. The molecule has 114 valence electrons. The highest BCUT2D eigenvalue weighted by Gasteiger charge is 2.10. The van der Waals surface area contributed by atoms with Crippen molar-refractivity contribution in [2.24, 2.45) is 0 Å². The van der Waals surface area contributed by atoms with Crippen molar-refractivity contribution in [1.82, 2.24) is 5.32 Å². The number of hydrogen-bond acceptors (Lipinski definition) is 3. The van der Waals surface area contributed by atoms with Gasteiger partial charge in [0.2, 0.25) is 0 Å². The van der Waals surface area contributed by atoms with Crippen LogP contribution in [0.5, 0.6) is 5.75 Å². The van der Waals surface area contributed by atoms with Crippen LogP contribution in [0.4, 0.5) is 4.39 Å². The monoisotopic (exact) mass is 355 g/mol. The topological polar surface area (TPSA) is 34.4 Å². The quantitative estimate of drug-likeness (QED) is 0.847. The molecule has 1 N–H and O–H groups in total. The highest BCUT2D eigenvalue weighted by Crippen LogP contribution is 2.22. The molecule has 0 atom stereocenters. The molecule has 21 heavy (non-hydrogen) atoms. The van der Waals surface area contributed by atoms with E-state index in [4.69, 9.17) is 9.15 Å². The van der Waals surface area contributed by atoms with E-state index in [0.29, 0.717) is 16.8 Å². The first-order chi connectivity index (χ1) is 9.83. The summed E-state index contributed by atoms with van der Waals surface area (Å²) in [6.45, 7) is 7.40. The zero-order chi connectivity index (χ0) is 15.5. The van der Waals surface area contributed by atoms with E-state index in [-0.39, 0.29) is 11.4 Å². The lowest BCUT2D eigenvalue weighted by Crippen LogP contribution is -2.34. The zero-order valence-electron chi connectivity index (χ0n) is 12.4. The van der Waals surface area contributed by atoms with E-state index in [1.807, 2.05) is 6.07 Å². The summed E-state index contributed by atoms with van der Waals surface area (Å²) in [4.78, 5) is 0. The first-order valence-electron chi connectivity index (χ1n) is 6.73. The van der Waals surface area contributed by atoms with Crippen molar-refractivity contribution in [2.45, 2.75) is 39.5 Å². The van der Waals surface area contributed by atoms with Gasteiger partial charge in [0.15, 0.2) is 0 Å². The smallest absolute Gasteiger partial charge is 0.146 e. The van der Waals surface area contributed by atoms with Crippen LogP contribution in [0.15, 0.2) is 39.4 Å². The predicted molar refractivity (Wildman–Crippen MR) is 83.7 cm³/mol. The molecule has 0 aliphatic rings. The van der Waals surface area contributed by atoms with E-state index in [0.717, 1.165) is 17.9 Å². The van der Waals surface area contributed by atoms with Gasteiger partial charge in [0, 0.05) is 17.6 Å². The van der Waals surface area contributed by atoms with Crippen LogP contribution in [0.1, 0.15) is 32.1 Å². The fraction of sp³-hybridized carbons (Fsp3) is 0.375. The summed E-state index contributed by atoms with van der Waals surface area (Å²) < 4.78 is 24.5. The first-order valence-corrected chi connectivity index (χ1v) is 7.52. The summed E-state index contributed by atoms with van der Waals surface area (Å²) in [6, 6.07) is 6.50. The lowest BCUT2D eigenvalue weighted by Gasteiger charge is -2.19. The van der Waals surface area contributed by atoms with Crippen LogP contribution in [0.25, 0.3) is 0 Å². The van der Waals surface area contributed by atoms with E-state index < -0.39 is 0 Å². The van der Waals surface area contributed by atoms with Crippen LogP contribution in [-0.4, -0.2) is 5.54 Å². The molecule has 2 rings (SSSR count). The molecule has 0 aliphatic carbocycles. The molecular weight excluding hydrogens is 337 g/mol. The van der Waals surface area contributed by atoms with Crippen LogP contribution in [-0.2, 0) is 13.2 Å². The van der Waals surface area contributed by atoms with E-state index in [9.17, 15) is 4.39 Å². The van der Waals surface area contributed by atoms with Gasteiger partial charge in [-0.2, -0.15) is 0 Å². The molecule has 1 aromatic heterocycles. The Morgan fingerprint density at radius 1 is 1.29 bits per heavy atom. The van der Waals surface area contributed by atoms with Crippen molar-refractivity contribution in [3.63, 3.8) is 0 Å². The normalized spacial score (nSPS) is 11.7. The highest BCUT2D eigenvalue weighted by molar-refractivity contribution is 9.10. The molecule has 0 saturated carbocycles. The summed E-state index contributed by atoms with van der Waals surface area (Å²) in [5.74, 6) is 1.02. The first kappa shape index (κ1) is 16.0. The van der Waals surface area contributed by atoms with E-state index in [2.05, 4.69) is 42.0 Å². The van der Waals surface area contributed by atoms with Crippen LogP contribution in [0, 0.1) is 5.82 Å². The average molecular weight is 356 g/mol. The molecule has 0 fully saturated rings. The van der Waals surface area contributed by atoms with Gasteiger partial charge in [-0.25, -0.2) is 4.39 Å². The largest absolute Gasteiger partial charge is 0.486 e. The maximum Gasteiger partial charge on any atom is 0.146 e. The number of nitrogens with one attached hydrogen (secondary N) is 1. The van der Waals surface area contributed by atoms with Crippen molar-refractivity contribution < 1.29 is 13.5 Å². The lowest BCUT2D eigenvalue weighted by molar-refractivity contribution is 0.270. The van der Waals surface area contributed by atoms with E-state index >= 15 is 0 Å². The van der Waals surface area contributed by atoms with Gasteiger partial charge in [-0.15, -0.1) is 0 Å². The standard InChI is InChI=1S/C16H19BrFNO2/c1-16(2,3)19-8-11-6-13(20-9-11)10-21-12-4-5-15(18)14(17)7-12/h4-7,9,19H,8,10H2,1-3H3. The Morgan fingerprint density at radius 3 is 2.71 bits per heavy atom. The third-order valence-electron chi connectivity index (χ3n) is 2.80. The SMILES string of the molecule is CC(C)(C)NCc1coc(COc2ccc(F)c(Br)c2)c1. The van der Waals surface area contributed by atoms with Crippen LogP contribution < -0.4 is 10.1 Å². The lowest BCUT2D eigenvalue weighted by atomic mass is 10.1. The summed E-state index contributed by atoms with van der Waals surface area (Å²) in [5.41, 5.74) is 1.14. The number of hydrogen-bond donors (Lipinski definition) is 1. The summed E-state index contributed by atoms with van der Waals surface area (Å²) >= 11 is 3.13. The molecule has 2 aromatic rings. The van der Waals surface area contributed by atoms with Crippen LogP contribution in [0.2, 0.25) is 0 Å². The number of benzene rings is 1. The molecule has 1 aromatic carbocycles. The second kappa shape index (κ2) is 6.62. The number of ether oxygens (including phenoxy) is 1. The van der Waals surface area contributed by atoms with Crippen molar-refractivity contribution >= 4 is 15.9 Å². The van der Waals surface area contributed by atoms with Gasteiger partial charge in [0.1, 0.15) is 23.9 Å². The van der Waals surface area contributed by atoms with Gasteiger partial charge in [-0.3, -0.25) is 0 Å². The maximum absolute atomic E-state index is 13.1. The Morgan fingerprint density at radius 2 is 2.05 bits per heavy atom. The Bertz CT molecular complexity index is 605. The Balaban J connectivity index is 1.89. The van der Waals surface area contributed by atoms with Gasteiger partial charge in [-0.05, 0) is 61.0 Å². The maximum atomic E-state index is 13.1. The Labute approximate surface area is 132 Å². The molecule has 3 nitrogen and oxygen atoms in total. The van der Waals surface area contributed by atoms with Crippen molar-refractivity contribution in [3.8, 4) is 5.75 Å². The third-order valence-corrected chi connectivity index (χ3v) is 3.41. The molecule has 0 bridgehead atoms. The Hall–Kier alpha value is -1.33. The molecule has 0 saturated heterocycles. The molecule has 0 spiro atoms. The van der Waals surface area contributed by atoms with E-state index in [1.54, 1.807) is 18.4 Å². The zero-order valence-corrected chi connectivity index (χ0v) is 14.0. The number of halogens is 2. The fourth-order valence-electron chi connectivity index (χ4n) is 1.68. The minimum Gasteiger partial charge on any atom is -0.486 e. The minimum atomic E-state index is -0.309. The van der Waals surface area contributed by atoms with Crippen molar-refractivity contribution in [1.29, 1.82) is 0 Å². The van der Waals surface area contributed by atoms with Gasteiger partial charge >= 0.3 is 0 Å². The van der Waals surface area contributed by atoms with Crippen LogP contribution in [0.3, 0.4) is 0 Å².